The molecule has 0 unspecified atom stereocenters. The number of likely N-dealkylation sites (tertiary alicyclic amines) is 1. The highest BCUT2D eigenvalue weighted by molar-refractivity contribution is 6.07. The van der Waals surface area contributed by atoms with Crippen LogP contribution >= 0.6 is 0 Å². The molecule has 0 N–H and O–H groups in total. The van der Waals surface area contributed by atoms with Crippen LogP contribution in [0.2, 0.25) is 0 Å². The SMILES string of the molecule is CCCN(C(=O)c1ccc(C)o1)[C@H]1CC(=O)N(C)C1=O. The van der Waals surface area contributed by atoms with Gasteiger partial charge in [-0.2, -0.15) is 0 Å². The largest absolute Gasteiger partial charge is 0.456 e. The Balaban J connectivity index is 2.25. The lowest BCUT2D eigenvalue weighted by Gasteiger charge is -2.25. The summed E-state index contributed by atoms with van der Waals surface area (Å²) in [5, 5.41) is 0. The van der Waals surface area contributed by atoms with Crippen molar-refractivity contribution in [3.8, 4) is 0 Å². The molecule has 0 spiro atoms. The number of likely N-dealkylation sites (N-methyl/N-ethyl adjacent to an activating group) is 1. The molecular formula is C14H18N2O4. The van der Waals surface area contributed by atoms with Gasteiger partial charge in [0.1, 0.15) is 11.8 Å². The van der Waals surface area contributed by atoms with E-state index in [0.29, 0.717) is 18.7 Å². The van der Waals surface area contributed by atoms with Crippen molar-refractivity contribution in [3.05, 3.63) is 23.7 Å². The third-order valence-electron chi connectivity index (χ3n) is 3.41. The first-order valence-electron chi connectivity index (χ1n) is 6.63. The number of imide groups is 1. The van der Waals surface area contributed by atoms with Gasteiger partial charge in [-0.25, -0.2) is 0 Å². The molecule has 6 nitrogen and oxygen atoms in total. The highest BCUT2D eigenvalue weighted by atomic mass is 16.3. The molecule has 1 aromatic heterocycles. The number of aryl methyl sites for hydroxylation is 1. The second-order valence-electron chi connectivity index (χ2n) is 4.92. The minimum atomic E-state index is -0.717. The van der Waals surface area contributed by atoms with Crippen LogP contribution in [0, 0.1) is 6.92 Å². The highest BCUT2D eigenvalue weighted by Gasteiger charge is 2.42. The molecule has 1 saturated heterocycles. The summed E-state index contributed by atoms with van der Waals surface area (Å²) in [4.78, 5) is 38.6. The van der Waals surface area contributed by atoms with Gasteiger partial charge in [-0.05, 0) is 25.5 Å². The fourth-order valence-corrected chi connectivity index (χ4v) is 2.31. The van der Waals surface area contributed by atoms with E-state index in [0.717, 1.165) is 4.90 Å². The Hall–Kier alpha value is -2.11. The predicted octanol–water partition coefficient (Wildman–Crippen LogP) is 1.20. The standard InChI is InChI=1S/C14H18N2O4/c1-4-7-16(10-8-12(17)15(3)13(10)18)14(19)11-6-5-9(2)20-11/h5-6,10H,4,7-8H2,1-3H3/t10-/m0/s1. The summed E-state index contributed by atoms with van der Waals surface area (Å²) >= 11 is 0. The van der Waals surface area contributed by atoms with Crippen molar-refractivity contribution in [3.63, 3.8) is 0 Å². The Labute approximate surface area is 117 Å². The van der Waals surface area contributed by atoms with Crippen LogP contribution in [0.25, 0.3) is 0 Å². The molecule has 6 heteroatoms. The van der Waals surface area contributed by atoms with Crippen molar-refractivity contribution in [2.45, 2.75) is 32.7 Å². The Bertz CT molecular complexity index is 549. The Morgan fingerprint density at radius 2 is 2.15 bits per heavy atom. The third-order valence-corrected chi connectivity index (χ3v) is 3.41. The number of rotatable bonds is 4. The maximum absolute atomic E-state index is 12.4. The van der Waals surface area contributed by atoms with Gasteiger partial charge in [0.15, 0.2) is 5.76 Å². The van der Waals surface area contributed by atoms with Gasteiger partial charge < -0.3 is 9.32 Å². The number of carbonyl (C=O) groups is 3. The van der Waals surface area contributed by atoms with Crippen molar-refractivity contribution in [1.29, 1.82) is 0 Å². The molecular weight excluding hydrogens is 260 g/mol. The van der Waals surface area contributed by atoms with E-state index in [4.69, 9.17) is 4.42 Å². The van der Waals surface area contributed by atoms with E-state index in [1.54, 1.807) is 19.1 Å². The average Bonchev–Trinajstić information content (AvgIpc) is 2.95. The molecule has 0 aliphatic carbocycles. The van der Waals surface area contributed by atoms with Crippen LogP contribution in [0.1, 0.15) is 36.1 Å². The summed E-state index contributed by atoms with van der Waals surface area (Å²) in [7, 11) is 1.44. The van der Waals surface area contributed by atoms with Gasteiger partial charge in [0, 0.05) is 13.6 Å². The van der Waals surface area contributed by atoms with E-state index in [2.05, 4.69) is 0 Å². The fraction of sp³-hybridized carbons (Fsp3) is 0.500. The number of furan rings is 1. The van der Waals surface area contributed by atoms with Crippen LogP contribution < -0.4 is 0 Å². The fourth-order valence-electron chi connectivity index (χ4n) is 2.31. The topological polar surface area (TPSA) is 70.8 Å². The predicted molar refractivity (Wildman–Crippen MR) is 71.0 cm³/mol. The Morgan fingerprint density at radius 1 is 1.45 bits per heavy atom. The zero-order valence-electron chi connectivity index (χ0n) is 11.9. The summed E-state index contributed by atoms with van der Waals surface area (Å²) in [5.74, 6) is -0.104. The number of carbonyl (C=O) groups excluding carboxylic acids is 3. The first-order valence-corrected chi connectivity index (χ1v) is 6.63. The summed E-state index contributed by atoms with van der Waals surface area (Å²) in [6.45, 7) is 4.08. The van der Waals surface area contributed by atoms with Crippen molar-refractivity contribution in [2.75, 3.05) is 13.6 Å². The summed E-state index contributed by atoms with van der Waals surface area (Å²) in [6, 6.07) is 2.57. The first kappa shape index (κ1) is 14.3. The molecule has 1 aromatic rings. The van der Waals surface area contributed by atoms with Crippen LogP contribution in [0.4, 0.5) is 0 Å². The van der Waals surface area contributed by atoms with Gasteiger partial charge in [0.25, 0.3) is 11.8 Å². The second kappa shape index (κ2) is 5.48. The summed E-state index contributed by atoms with van der Waals surface area (Å²) in [6.07, 6.45) is 0.744. The lowest BCUT2D eigenvalue weighted by molar-refractivity contribution is -0.137. The van der Waals surface area contributed by atoms with Crippen LogP contribution in [-0.2, 0) is 9.59 Å². The smallest absolute Gasteiger partial charge is 0.290 e. The maximum Gasteiger partial charge on any atom is 0.290 e. The molecule has 20 heavy (non-hydrogen) atoms. The first-order chi connectivity index (χ1) is 9.45. The molecule has 0 aromatic carbocycles. The van der Waals surface area contributed by atoms with Gasteiger partial charge in [0.2, 0.25) is 5.91 Å². The van der Waals surface area contributed by atoms with Crippen LogP contribution in [0.5, 0.6) is 0 Å². The van der Waals surface area contributed by atoms with Crippen LogP contribution in [0.15, 0.2) is 16.5 Å². The Kier molecular flexibility index (Phi) is 3.92. The van der Waals surface area contributed by atoms with Crippen LogP contribution in [-0.4, -0.2) is 47.2 Å². The number of hydrogen-bond donors (Lipinski definition) is 0. The summed E-state index contributed by atoms with van der Waals surface area (Å²) in [5.41, 5.74) is 0. The van der Waals surface area contributed by atoms with E-state index < -0.39 is 6.04 Å². The third kappa shape index (κ3) is 2.45. The lowest BCUT2D eigenvalue weighted by Crippen LogP contribution is -2.45. The monoisotopic (exact) mass is 278 g/mol. The minimum Gasteiger partial charge on any atom is -0.456 e. The highest BCUT2D eigenvalue weighted by Crippen LogP contribution is 2.20. The molecule has 0 radical (unpaired) electrons. The molecule has 1 atom stereocenters. The van der Waals surface area contributed by atoms with E-state index in [1.807, 2.05) is 6.92 Å². The second-order valence-corrected chi connectivity index (χ2v) is 4.92. The zero-order valence-corrected chi connectivity index (χ0v) is 11.9. The van der Waals surface area contributed by atoms with Gasteiger partial charge >= 0.3 is 0 Å². The van der Waals surface area contributed by atoms with Gasteiger partial charge in [0.05, 0.1) is 6.42 Å². The quantitative estimate of drug-likeness (QED) is 0.776. The number of amides is 3. The van der Waals surface area contributed by atoms with Crippen molar-refractivity contribution >= 4 is 17.7 Å². The molecule has 2 heterocycles. The molecule has 0 bridgehead atoms. The molecule has 0 saturated carbocycles. The average molecular weight is 278 g/mol. The van der Waals surface area contributed by atoms with E-state index >= 15 is 0 Å². The molecule has 2 rings (SSSR count). The number of hydrogen-bond acceptors (Lipinski definition) is 4. The number of nitrogens with zero attached hydrogens (tertiary/aromatic N) is 2. The molecule has 1 fully saturated rings. The molecule has 1 aliphatic rings. The minimum absolute atomic E-state index is 0.0424. The summed E-state index contributed by atoms with van der Waals surface area (Å²) < 4.78 is 5.32. The van der Waals surface area contributed by atoms with Crippen molar-refractivity contribution in [1.82, 2.24) is 9.80 Å². The van der Waals surface area contributed by atoms with E-state index in [9.17, 15) is 14.4 Å². The molecule has 3 amide bonds. The lowest BCUT2D eigenvalue weighted by atomic mass is 10.2. The van der Waals surface area contributed by atoms with E-state index in [1.165, 1.54) is 11.9 Å². The Morgan fingerprint density at radius 3 is 2.60 bits per heavy atom. The van der Waals surface area contributed by atoms with Gasteiger partial charge in [-0.1, -0.05) is 6.92 Å². The van der Waals surface area contributed by atoms with Gasteiger partial charge in [-0.15, -0.1) is 0 Å². The van der Waals surface area contributed by atoms with Gasteiger partial charge in [-0.3, -0.25) is 19.3 Å². The van der Waals surface area contributed by atoms with Crippen molar-refractivity contribution < 1.29 is 18.8 Å². The molecule has 1 aliphatic heterocycles. The normalized spacial score (nSPS) is 18.8. The maximum atomic E-state index is 12.4. The van der Waals surface area contributed by atoms with E-state index in [-0.39, 0.29) is 29.9 Å². The molecule has 108 valence electrons. The van der Waals surface area contributed by atoms with Crippen molar-refractivity contribution in [2.24, 2.45) is 0 Å². The van der Waals surface area contributed by atoms with Crippen LogP contribution in [0.3, 0.4) is 0 Å². The zero-order chi connectivity index (χ0) is 14.9.